The van der Waals surface area contributed by atoms with E-state index >= 15 is 0 Å². The summed E-state index contributed by atoms with van der Waals surface area (Å²) < 4.78 is 11.6. The van der Waals surface area contributed by atoms with Gasteiger partial charge in [-0.1, -0.05) is 0 Å². The Hall–Kier alpha value is -4.00. The van der Waals surface area contributed by atoms with Crippen LogP contribution in [0.3, 0.4) is 0 Å². The Kier molecular flexibility index (Phi) is 6.76. The van der Waals surface area contributed by atoms with E-state index in [0.717, 1.165) is 63.4 Å². The van der Waals surface area contributed by atoms with Crippen molar-refractivity contribution in [1.29, 1.82) is 0 Å². The number of rotatable bonds is 6. The van der Waals surface area contributed by atoms with Crippen LogP contribution in [0.4, 0.5) is 33.8 Å². The second-order valence-electron chi connectivity index (χ2n) is 12.2. The third-order valence-corrected chi connectivity index (χ3v) is 9.32. The van der Waals surface area contributed by atoms with Gasteiger partial charge < -0.3 is 39.7 Å². The van der Waals surface area contributed by atoms with Crippen LogP contribution in [0.5, 0.6) is 0 Å². The summed E-state index contributed by atoms with van der Waals surface area (Å²) in [5.74, 6) is 2.04. The number of nitrogens with zero attached hydrogens (tertiary/aromatic N) is 7. The quantitative estimate of drug-likeness (QED) is 0.450. The smallest absolute Gasteiger partial charge is 0.323 e. The number of fused-ring (bicyclic) bond motifs is 4. The number of hydrogen-bond donors (Lipinski definition) is 2. The lowest BCUT2D eigenvalue weighted by Gasteiger charge is -2.34. The Morgan fingerprint density at radius 2 is 1.28 bits per heavy atom. The number of nitrogens with one attached hydrogen (secondary N) is 2. The number of benzene rings is 2. The zero-order valence-corrected chi connectivity index (χ0v) is 24.4. The zero-order chi connectivity index (χ0) is 28.9. The Morgan fingerprint density at radius 1 is 0.744 bits per heavy atom. The summed E-state index contributed by atoms with van der Waals surface area (Å²) in [6, 6.07) is 16.0. The second kappa shape index (κ2) is 10.9. The number of urea groups is 1. The number of ether oxygens (including phenoxy) is 2. The topological polar surface area (TPSA) is 111 Å². The number of aromatic nitrogens is 3. The summed E-state index contributed by atoms with van der Waals surface area (Å²) in [7, 11) is 2.15. The first-order chi connectivity index (χ1) is 21.0. The summed E-state index contributed by atoms with van der Waals surface area (Å²) >= 11 is 0. The highest BCUT2D eigenvalue weighted by Gasteiger charge is 2.43. The molecule has 1 aromatic heterocycles. The largest absolute Gasteiger partial charge is 0.374 e. The van der Waals surface area contributed by atoms with Gasteiger partial charge in [0.15, 0.2) is 5.82 Å². The molecular weight excluding hydrogens is 546 g/mol. The molecule has 224 valence electrons. The van der Waals surface area contributed by atoms with E-state index in [1.54, 1.807) is 0 Å². The predicted octanol–water partition coefficient (Wildman–Crippen LogP) is 2.89. The molecule has 8 rings (SSSR count). The average molecular weight is 584 g/mol. The summed E-state index contributed by atoms with van der Waals surface area (Å²) in [6.07, 6.45) is 2.52. The lowest BCUT2D eigenvalue weighted by molar-refractivity contribution is 0.0980. The first-order valence-corrected chi connectivity index (χ1v) is 15.3. The van der Waals surface area contributed by atoms with Gasteiger partial charge in [0, 0.05) is 61.9 Å². The van der Waals surface area contributed by atoms with Crippen molar-refractivity contribution >= 4 is 35.0 Å². The maximum Gasteiger partial charge on any atom is 0.323 e. The summed E-state index contributed by atoms with van der Waals surface area (Å²) in [5.41, 5.74) is 3.49. The Bertz CT molecular complexity index is 1430. The number of likely N-dealkylation sites (N-methyl/N-ethyl adjacent to an activating group) is 1. The maximum atomic E-state index is 12.8. The predicted molar refractivity (Wildman–Crippen MR) is 165 cm³/mol. The summed E-state index contributed by atoms with van der Waals surface area (Å²) in [5, 5.41) is 5.87. The van der Waals surface area contributed by atoms with E-state index in [1.165, 1.54) is 5.69 Å². The van der Waals surface area contributed by atoms with Crippen molar-refractivity contribution in [2.75, 3.05) is 84.9 Å². The van der Waals surface area contributed by atoms with Crippen LogP contribution >= 0.6 is 0 Å². The van der Waals surface area contributed by atoms with Crippen molar-refractivity contribution in [3.63, 3.8) is 0 Å². The molecule has 2 amide bonds. The molecule has 43 heavy (non-hydrogen) atoms. The minimum Gasteiger partial charge on any atom is -0.374 e. The molecule has 5 aliphatic rings. The molecule has 0 spiro atoms. The molecule has 12 heteroatoms. The second-order valence-corrected chi connectivity index (χ2v) is 12.2. The van der Waals surface area contributed by atoms with Gasteiger partial charge in [0.2, 0.25) is 11.9 Å². The van der Waals surface area contributed by atoms with Crippen LogP contribution in [0, 0.1) is 0 Å². The van der Waals surface area contributed by atoms with Gasteiger partial charge in [-0.15, -0.1) is 0 Å². The third kappa shape index (κ3) is 5.34. The molecule has 4 bridgehead atoms. The van der Waals surface area contributed by atoms with Gasteiger partial charge in [0.1, 0.15) is 0 Å². The molecule has 0 radical (unpaired) electrons. The standard InChI is InChI=1S/C31H37N9O3/c1-37-10-12-38(13-11-37)23-8-6-22(7-9-23)33-31(41)32-21-4-2-20(3-5-21)28-34-29(39-16-26-14-24(39)18-42-26)36-30(35-28)40-17-27-15-25(40)19-43-27/h2-9,24-27H,10-19H2,1H3,(H2,32,33,41)/t24-,25-,26-,27-/m1/s1. The van der Waals surface area contributed by atoms with E-state index in [1.807, 2.05) is 36.4 Å². The zero-order valence-electron chi connectivity index (χ0n) is 24.4. The molecule has 6 heterocycles. The Labute approximate surface area is 251 Å². The summed E-state index contributed by atoms with van der Waals surface area (Å²) in [4.78, 5) is 36.8. The van der Waals surface area contributed by atoms with Crippen LogP contribution in [0.1, 0.15) is 12.8 Å². The molecule has 12 nitrogen and oxygen atoms in total. The number of amides is 2. The fourth-order valence-corrected chi connectivity index (χ4v) is 6.85. The number of hydrogen-bond acceptors (Lipinski definition) is 10. The normalized spacial score (nSPS) is 26.4. The average Bonchev–Trinajstić information content (AvgIpc) is 3.85. The highest BCUT2D eigenvalue weighted by atomic mass is 16.5. The van der Waals surface area contributed by atoms with Gasteiger partial charge in [-0.05, 0) is 68.4 Å². The lowest BCUT2D eigenvalue weighted by atomic mass is 10.2. The molecule has 0 aliphatic carbocycles. The van der Waals surface area contributed by atoms with Gasteiger partial charge in [-0.25, -0.2) is 4.79 Å². The van der Waals surface area contributed by atoms with E-state index in [-0.39, 0.29) is 18.2 Å². The van der Waals surface area contributed by atoms with E-state index in [0.29, 0.717) is 48.7 Å². The van der Waals surface area contributed by atoms with Gasteiger partial charge in [-0.2, -0.15) is 15.0 Å². The van der Waals surface area contributed by atoms with Gasteiger partial charge in [0.25, 0.3) is 0 Å². The molecular formula is C31H37N9O3. The lowest BCUT2D eigenvalue weighted by Crippen LogP contribution is -2.44. The van der Waals surface area contributed by atoms with Gasteiger partial charge in [0.05, 0.1) is 37.5 Å². The maximum absolute atomic E-state index is 12.8. The molecule has 4 atom stereocenters. The van der Waals surface area contributed by atoms with Crippen molar-refractivity contribution in [3.05, 3.63) is 48.5 Å². The number of anilines is 5. The molecule has 5 aliphatic heterocycles. The molecule has 2 N–H and O–H groups in total. The van der Waals surface area contributed by atoms with Crippen molar-refractivity contribution in [3.8, 4) is 11.4 Å². The number of piperazine rings is 1. The minimum atomic E-state index is -0.289. The molecule has 3 aromatic rings. The monoisotopic (exact) mass is 583 g/mol. The number of carbonyl (C=O) groups is 1. The Balaban J connectivity index is 0.958. The van der Waals surface area contributed by atoms with Gasteiger partial charge >= 0.3 is 6.03 Å². The summed E-state index contributed by atoms with van der Waals surface area (Å²) in [6.45, 7) is 7.17. The number of carbonyl (C=O) groups excluding carboxylic acids is 1. The first kappa shape index (κ1) is 26.6. The van der Waals surface area contributed by atoms with E-state index in [4.69, 9.17) is 24.4 Å². The van der Waals surface area contributed by atoms with Crippen molar-refractivity contribution in [1.82, 2.24) is 19.9 Å². The van der Waals surface area contributed by atoms with Gasteiger partial charge in [-0.3, -0.25) is 0 Å². The fourth-order valence-electron chi connectivity index (χ4n) is 6.85. The SMILES string of the molecule is CN1CCN(c2ccc(NC(=O)Nc3ccc(-c4nc(N5C[C@H]6C[C@@H]5CO6)nc(N5C[C@H]6C[C@@H]5CO6)n4)cc3)cc2)CC1. The van der Waals surface area contributed by atoms with Crippen molar-refractivity contribution in [2.24, 2.45) is 0 Å². The molecule has 0 saturated carbocycles. The van der Waals surface area contributed by atoms with E-state index in [9.17, 15) is 4.79 Å². The first-order valence-electron chi connectivity index (χ1n) is 15.3. The van der Waals surface area contributed by atoms with E-state index in [2.05, 4.69) is 49.4 Å². The molecule has 2 aromatic carbocycles. The third-order valence-electron chi connectivity index (χ3n) is 9.32. The molecule has 5 saturated heterocycles. The Morgan fingerprint density at radius 3 is 1.77 bits per heavy atom. The fraction of sp³-hybridized carbons (Fsp3) is 0.484. The van der Waals surface area contributed by atoms with Crippen LogP contribution < -0.4 is 25.3 Å². The van der Waals surface area contributed by atoms with Crippen LogP contribution in [0.15, 0.2) is 48.5 Å². The van der Waals surface area contributed by atoms with Crippen LogP contribution in [-0.4, -0.2) is 110 Å². The van der Waals surface area contributed by atoms with E-state index < -0.39 is 0 Å². The molecule has 0 unspecified atom stereocenters. The van der Waals surface area contributed by atoms with Crippen LogP contribution in [-0.2, 0) is 9.47 Å². The number of morpholine rings is 2. The van der Waals surface area contributed by atoms with Crippen molar-refractivity contribution in [2.45, 2.75) is 37.1 Å². The molecule has 5 fully saturated rings. The van der Waals surface area contributed by atoms with Crippen molar-refractivity contribution < 1.29 is 14.3 Å². The minimum absolute atomic E-state index is 0.247. The highest BCUT2D eigenvalue weighted by Crippen LogP contribution is 2.35. The highest BCUT2D eigenvalue weighted by molar-refractivity contribution is 5.99. The van der Waals surface area contributed by atoms with Crippen LogP contribution in [0.2, 0.25) is 0 Å². The van der Waals surface area contributed by atoms with Crippen LogP contribution in [0.25, 0.3) is 11.4 Å².